The molecule has 2 fully saturated rings. The summed E-state index contributed by atoms with van der Waals surface area (Å²) >= 11 is 0. The maximum Gasteiger partial charge on any atom is 0.0724 e. The Hall–Kier alpha value is -0.800. The van der Waals surface area contributed by atoms with Crippen molar-refractivity contribution in [2.45, 2.75) is 58.2 Å². The molecule has 122 valence electrons. The monoisotopic (exact) mass is 303 g/mol. The van der Waals surface area contributed by atoms with E-state index >= 15 is 0 Å². The van der Waals surface area contributed by atoms with Gasteiger partial charge in [-0.05, 0) is 61.2 Å². The van der Waals surface area contributed by atoms with Crippen LogP contribution in [0.1, 0.15) is 46.0 Å². The highest BCUT2D eigenvalue weighted by molar-refractivity contribution is 5.25. The molecule has 4 aliphatic rings. The number of allylic oxidation sites excluding steroid dienone is 3. The van der Waals surface area contributed by atoms with Gasteiger partial charge in [-0.1, -0.05) is 32.1 Å². The van der Waals surface area contributed by atoms with Gasteiger partial charge in [0.05, 0.1) is 12.2 Å². The molecule has 3 unspecified atom stereocenters. The minimum Gasteiger partial charge on any atom is -0.402 e. The predicted molar refractivity (Wildman–Crippen MR) is 86.7 cm³/mol. The van der Waals surface area contributed by atoms with Gasteiger partial charge in [-0.3, -0.25) is 0 Å². The van der Waals surface area contributed by atoms with Crippen molar-refractivity contribution in [3.63, 3.8) is 0 Å². The number of hydrogen-bond donors (Lipinski definition) is 3. The van der Waals surface area contributed by atoms with E-state index < -0.39 is 0 Å². The average molecular weight is 303 g/mol. The van der Waals surface area contributed by atoms with Crippen LogP contribution in [0, 0.1) is 34.5 Å². The van der Waals surface area contributed by atoms with Crippen molar-refractivity contribution in [2.75, 3.05) is 0 Å². The molecule has 0 spiro atoms. The first-order valence-electron chi connectivity index (χ1n) is 8.88. The summed E-state index contributed by atoms with van der Waals surface area (Å²) in [5.41, 5.74) is 7.57. The number of rotatable bonds is 0. The molecule has 22 heavy (non-hydrogen) atoms. The molecule has 0 saturated heterocycles. The minimum absolute atomic E-state index is 0.0865. The quantitative estimate of drug-likeness (QED) is 0.603. The Kier molecular flexibility index (Phi) is 3.09. The van der Waals surface area contributed by atoms with E-state index in [4.69, 9.17) is 5.73 Å². The Labute approximate surface area is 133 Å². The van der Waals surface area contributed by atoms with Gasteiger partial charge in [0.1, 0.15) is 0 Å². The Morgan fingerprint density at radius 2 is 1.95 bits per heavy atom. The van der Waals surface area contributed by atoms with Crippen LogP contribution in [0.2, 0.25) is 0 Å². The first kappa shape index (κ1) is 14.8. The molecule has 0 aromatic rings. The molecule has 8 atom stereocenters. The van der Waals surface area contributed by atoms with Crippen LogP contribution >= 0.6 is 0 Å². The molecule has 0 radical (unpaired) electrons. The van der Waals surface area contributed by atoms with Crippen LogP contribution in [0.3, 0.4) is 0 Å². The third-order valence-electron chi connectivity index (χ3n) is 7.83. The fraction of sp³-hybridized carbons (Fsp3) is 0.789. The van der Waals surface area contributed by atoms with E-state index in [0.717, 1.165) is 37.8 Å². The average Bonchev–Trinajstić information content (AvgIpc) is 2.77. The molecule has 2 saturated carbocycles. The van der Waals surface area contributed by atoms with Crippen LogP contribution < -0.4 is 5.73 Å². The minimum atomic E-state index is -0.334. The zero-order valence-electron chi connectivity index (χ0n) is 13.7. The van der Waals surface area contributed by atoms with Gasteiger partial charge in [0.15, 0.2) is 0 Å². The van der Waals surface area contributed by atoms with Crippen LogP contribution in [0.25, 0.3) is 0 Å². The molecule has 0 heterocycles. The van der Waals surface area contributed by atoms with Crippen molar-refractivity contribution in [3.8, 4) is 0 Å². The molecular weight excluding hydrogens is 274 g/mol. The number of aliphatic hydroxyl groups is 2. The zero-order valence-corrected chi connectivity index (χ0v) is 13.7. The van der Waals surface area contributed by atoms with E-state index in [-0.39, 0.29) is 23.0 Å². The summed E-state index contributed by atoms with van der Waals surface area (Å²) in [7, 11) is 0. The molecule has 0 aromatic heterocycles. The van der Waals surface area contributed by atoms with Gasteiger partial charge in [-0.25, -0.2) is 0 Å². The molecule has 0 aliphatic heterocycles. The molecule has 3 heteroatoms. The predicted octanol–water partition coefficient (Wildman–Crippen LogP) is 2.59. The second-order valence-electron chi connectivity index (χ2n) is 8.67. The maximum atomic E-state index is 10.9. The van der Waals surface area contributed by atoms with Gasteiger partial charge >= 0.3 is 0 Å². The zero-order chi connectivity index (χ0) is 15.7. The lowest BCUT2D eigenvalue weighted by Gasteiger charge is -2.60. The van der Waals surface area contributed by atoms with Crippen LogP contribution in [0.5, 0.6) is 0 Å². The van der Waals surface area contributed by atoms with Gasteiger partial charge in [0.25, 0.3) is 0 Å². The molecule has 4 rings (SSSR count). The first-order valence-corrected chi connectivity index (χ1v) is 8.88. The second-order valence-corrected chi connectivity index (χ2v) is 8.67. The second kappa shape index (κ2) is 4.61. The smallest absolute Gasteiger partial charge is 0.0724 e. The normalized spacial score (nSPS) is 56.8. The third-order valence-corrected chi connectivity index (χ3v) is 7.83. The van der Waals surface area contributed by atoms with E-state index in [1.807, 2.05) is 6.08 Å². The van der Waals surface area contributed by atoms with E-state index in [1.54, 1.807) is 0 Å². The summed E-state index contributed by atoms with van der Waals surface area (Å²) in [6.07, 6.45) is 10.8. The summed E-state index contributed by atoms with van der Waals surface area (Å²) < 4.78 is 0. The molecule has 4 N–H and O–H groups in total. The van der Waals surface area contributed by atoms with Gasteiger partial charge in [-0.15, -0.1) is 0 Å². The molecule has 3 nitrogen and oxygen atoms in total. The molecule has 0 amide bonds. The lowest BCUT2D eigenvalue weighted by Crippen LogP contribution is -2.57. The third kappa shape index (κ3) is 1.75. The number of nitrogens with two attached hydrogens (primary N) is 1. The van der Waals surface area contributed by atoms with E-state index in [9.17, 15) is 10.2 Å². The largest absolute Gasteiger partial charge is 0.402 e. The lowest BCUT2D eigenvalue weighted by atomic mass is 9.45. The maximum absolute atomic E-state index is 10.9. The SMILES string of the molecule is C[C@]12C=CC(O)CC1CC(O)[C@@H]1[C@H]2CC[C@]2(C)C(N)=CC[C@@H]12. The van der Waals surface area contributed by atoms with Gasteiger partial charge in [0.2, 0.25) is 0 Å². The van der Waals surface area contributed by atoms with E-state index in [1.165, 1.54) is 0 Å². The van der Waals surface area contributed by atoms with Gasteiger partial charge in [0, 0.05) is 11.1 Å². The summed E-state index contributed by atoms with van der Waals surface area (Å²) in [6, 6.07) is 0. The highest BCUT2D eigenvalue weighted by atomic mass is 16.3. The highest BCUT2D eigenvalue weighted by Gasteiger charge is 2.60. The molecule has 0 aromatic carbocycles. The Morgan fingerprint density at radius 1 is 1.18 bits per heavy atom. The summed E-state index contributed by atoms with van der Waals surface area (Å²) in [5, 5.41) is 20.9. The van der Waals surface area contributed by atoms with Crippen LogP contribution in [-0.4, -0.2) is 22.4 Å². The van der Waals surface area contributed by atoms with Crippen LogP contribution in [0.4, 0.5) is 0 Å². The van der Waals surface area contributed by atoms with Crippen molar-refractivity contribution in [1.29, 1.82) is 0 Å². The Balaban J connectivity index is 1.72. The summed E-state index contributed by atoms with van der Waals surface area (Å²) in [6.45, 7) is 4.66. The molecule has 0 bridgehead atoms. The van der Waals surface area contributed by atoms with E-state index in [2.05, 4.69) is 26.0 Å². The van der Waals surface area contributed by atoms with Gasteiger partial charge in [-0.2, -0.15) is 0 Å². The van der Waals surface area contributed by atoms with Crippen molar-refractivity contribution in [3.05, 3.63) is 23.9 Å². The molecule has 4 aliphatic carbocycles. The topological polar surface area (TPSA) is 66.5 Å². The van der Waals surface area contributed by atoms with Gasteiger partial charge < -0.3 is 15.9 Å². The van der Waals surface area contributed by atoms with Crippen molar-refractivity contribution >= 4 is 0 Å². The fourth-order valence-electron chi connectivity index (χ4n) is 6.37. The lowest BCUT2D eigenvalue weighted by molar-refractivity contribution is -0.134. The standard InChI is InChI=1S/C19H29NO2/c1-18-7-5-12(21)9-11(18)10-15(22)17-13-3-4-16(20)19(13,2)8-6-14(17)18/h4-5,7,11-15,17,21-22H,3,6,8-10,20H2,1-2H3/t11?,12?,13-,14+,15?,17-,18-,19-/m0/s1. The van der Waals surface area contributed by atoms with Crippen LogP contribution in [-0.2, 0) is 0 Å². The number of fused-ring (bicyclic) bond motifs is 5. The van der Waals surface area contributed by atoms with Crippen LogP contribution in [0.15, 0.2) is 23.9 Å². The van der Waals surface area contributed by atoms with Crippen molar-refractivity contribution in [1.82, 2.24) is 0 Å². The first-order chi connectivity index (χ1) is 10.4. The van der Waals surface area contributed by atoms with E-state index in [0.29, 0.717) is 23.7 Å². The highest BCUT2D eigenvalue weighted by Crippen LogP contribution is 2.64. The number of hydrogen-bond acceptors (Lipinski definition) is 3. The van der Waals surface area contributed by atoms with Crippen molar-refractivity contribution in [2.24, 2.45) is 40.2 Å². The molecular formula is C19H29NO2. The Morgan fingerprint density at radius 3 is 2.73 bits per heavy atom. The van der Waals surface area contributed by atoms with Crippen molar-refractivity contribution < 1.29 is 10.2 Å². The Bertz CT molecular complexity index is 542. The fourth-order valence-corrected chi connectivity index (χ4v) is 6.37. The number of aliphatic hydroxyl groups excluding tert-OH is 2. The summed E-state index contributed by atoms with van der Waals surface area (Å²) in [4.78, 5) is 0. The summed E-state index contributed by atoms with van der Waals surface area (Å²) in [5.74, 6) is 1.75.